The van der Waals surface area contributed by atoms with Crippen molar-refractivity contribution in [2.24, 2.45) is 0 Å². The molecule has 2 fully saturated rings. The van der Waals surface area contributed by atoms with E-state index >= 15 is 0 Å². The van der Waals surface area contributed by atoms with E-state index in [2.05, 4.69) is 28.9 Å². The number of rotatable bonds is 4. The molecule has 0 saturated carbocycles. The van der Waals surface area contributed by atoms with Crippen LogP contribution in [0.15, 0.2) is 0 Å². The average Bonchev–Trinajstić information content (AvgIpc) is 2.66. The second kappa shape index (κ2) is 6.09. The fourth-order valence-electron chi connectivity index (χ4n) is 2.20. The molecule has 0 aliphatic carbocycles. The molecule has 2 saturated heterocycles. The Morgan fingerprint density at radius 1 is 1.40 bits per heavy atom. The number of hydrogen-bond donors (Lipinski definition) is 1. The Morgan fingerprint density at radius 2 is 2.20 bits per heavy atom. The van der Waals surface area contributed by atoms with Crippen LogP contribution in [0.1, 0.15) is 13.3 Å². The molecule has 0 aromatic rings. The molecule has 15 heavy (non-hydrogen) atoms. The number of ether oxygens (including phenoxy) is 1. The maximum absolute atomic E-state index is 5.56. The summed E-state index contributed by atoms with van der Waals surface area (Å²) in [6.45, 7) is 9.17. The lowest BCUT2D eigenvalue weighted by Crippen LogP contribution is -2.44. The summed E-state index contributed by atoms with van der Waals surface area (Å²) in [4.78, 5) is 2.56. The van der Waals surface area contributed by atoms with Crippen molar-refractivity contribution in [3.05, 3.63) is 0 Å². The Balaban J connectivity index is 1.57. The van der Waals surface area contributed by atoms with Crippen LogP contribution in [0.4, 0.5) is 0 Å². The minimum absolute atomic E-state index is 0.470. The summed E-state index contributed by atoms with van der Waals surface area (Å²) in [6, 6.07) is 0. The van der Waals surface area contributed by atoms with E-state index in [-0.39, 0.29) is 0 Å². The van der Waals surface area contributed by atoms with Gasteiger partial charge in [-0.15, -0.1) is 0 Å². The van der Waals surface area contributed by atoms with Gasteiger partial charge in [-0.1, -0.05) is 0 Å². The highest BCUT2D eigenvalue weighted by molar-refractivity contribution is 8.00. The molecule has 2 atom stereocenters. The zero-order valence-corrected chi connectivity index (χ0v) is 10.4. The van der Waals surface area contributed by atoms with Gasteiger partial charge in [-0.25, -0.2) is 0 Å². The van der Waals surface area contributed by atoms with Crippen molar-refractivity contribution in [1.29, 1.82) is 0 Å². The monoisotopic (exact) mass is 230 g/mol. The smallest absolute Gasteiger partial charge is 0.0666 e. The Bertz CT molecular complexity index is 185. The van der Waals surface area contributed by atoms with E-state index in [4.69, 9.17) is 4.74 Å². The topological polar surface area (TPSA) is 24.5 Å². The Morgan fingerprint density at radius 3 is 2.87 bits per heavy atom. The third-order valence-electron chi connectivity index (χ3n) is 3.26. The van der Waals surface area contributed by atoms with Crippen molar-refractivity contribution >= 4 is 11.8 Å². The Hall–Kier alpha value is 0.230. The van der Waals surface area contributed by atoms with Gasteiger partial charge in [-0.05, 0) is 13.3 Å². The number of piperazine rings is 1. The molecular formula is C11H22N2OS. The number of nitrogens with one attached hydrogen (secondary N) is 1. The maximum Gasteiger partial charge on any atom is 0.0666 e. The lowest BCUT2D eigenvalue weighted by Gasteiger charge is -2.27. The van der Waals surface area contributed by atoms with Gasteiger partial charge in [0.15, 0.2) is 0 Å². The largest absolute Gasteiger partial charge is 0.377 e. The summed E-state index contributed by atoms with van der Waals surface area (Å²) in [5, 5.41) is 4.13. The summed E-state index contributed by atoms with van der Waals surface area (Å²) >= 11 is 2.10. The number of hydrogen-bond acceptors (Lipinski definition) is 4. The van der Waals surface area contributed by atoms with Crippen LogP contribution in [-0.4, -0.2) is 61.3 Å². The van der Waals surface area contributed by atoms with Crippen LogP contribution < -0.4 is 5.32 Å². The van der Waals surface area contributed by atoms with Crippen molar-refractivity contribution in [2.75, 3.05) is 45.1 Å². The van der Waals surface area contributed by atoms with Crippen molar-refractivity contribution < 1.29 is 4.74 Å². The van der Waals surface area contributed by atoms with Crippen LogP contribution in [0.2, 0.25) is 0 Å². The molecule has 0 amide bonds. The van der Waals surface area contributed by atoms with Crippen molar-refractivity contribution in [3.8, 4) is 0 Å². The quantitative estimate of drug-likeness (QED) is 0.772. The minimum atomic E-state index is 0.470. The summed E-state index contributed by atoms with van der Waals surface area (Å²) in [5.74, 6) is 1.26. The molecule has 0 aromatic carbocycles. The first-order chi connectivity index (χ1) is 7.36. The molecule has 0 radical (unpaired) electrons. The molecule has 0 spiro atoms. The minimum Gasteiger partial charge on any atom is -0.377 e. The highest BCUT2D eigenvalue weighted by atomic mass is 32.2. The summed E-state index contributed by atoms with van der Waals surface area (Å²) < 4.78 is 5.56. The van der Waals surface area contributed by atoms with Gasteiger partial charge in [0.25, 0.3) is 0 Å². The van der Waals surface area contributed by atoms with Gasteiger partial charge >= 0.3 is 0 Å². The van der Waals surface area contributed by atoms with Gasteiger partial charge in [-0.3, -0.25) is 4.90 Å². The third-order valence-corrected chi connectivity index (χ3v) is 4.72. The van der Waals surface area contributed by atoms with Gasteiger partial charge in [0.1, 0.15) is 0 Å². The fourth-order valence-corrected chi connectivity index (χ4v) is 3.48. The molecule has 2 aliphatic rings. The second-order valence-corrected chi connectivity index (χ2v) is 5.71. The lowest BCUT2D eigenvalue weighted by molar-refractivity contribution is 0.127. The zero-order chi connectivity index (χ0) is 10.5. The predicted molar refractivity (Wildman–Crippen MR) is 65.6 cm³/mol. The van der Waals surface area contributed by atoms with E-state index in [0.717, 1.165) is 24.9 Å². The van der Waals surface area contributed by atoms with E-state index in [9.17, 15) is 0 Å². The molecule has 0 aromatic heterocycles. The summed E-state index contributed by atoms with van der Waals surface area (Å²) in [7, 11) is 0. The first-order valence-electron chi connectivity index (χ1n) is 6.02. The summed E-state index contributed by atoms with van der Waals surface area (Å²) in [5.41, 5.74) is 0. The van der Waals surface area contributed by atoms with Gasteiger partial charge in [0.05, 0.1) is 6.10 Å². The van der Waals surface area contributed by atoms with Crippen LogP contribution >= 0.6 is 11.8 Å². The third kappa shape index (κ3) is 3.63. The highest BCUT2D eigenvalue weighted by Crippen LogP contribution is 2.25. The predicted octanol–water partition coefficient (Wildman–Crippen LogP) is 0.802. The zero-order valence-electron chi connectivity index (χ0n) is 9.58. The average molecular weight is 230 g/mol. The summed E-state index contributed by atoms with van der Waals surface area (Å²) in [6.07, 6.45) is 1.71. The molecule has 2 unspecified atom stereocenters. The van der Waals surface area contributed by atoms with Gasteiger partial charge in [0.2, 0.25) is 0 Å². The maximum atomic E-state index is 5.56. The molecule has 0 bridgehead atoms. The standard InChI is InChI=1S/C11H22N2OS/c1-10-11(2-8-14-10)15-9-7-13-5-3-12-4-6-13/h10-12H,2-9H2,1H3. The van der Waals surface area contributed by atoms with Crippen molar-refractivity contribution in [1.82, 2.24) is 10.2 Å². The first-order valence-corrected chi connectivity index (χ1v) is 7.07. The van der Waals surface area contributed by atoms with Crippen LogP contribution in [0.5, 0.6) is 0 Å². The molecule has 2 aliphatic heterocycles. The molecule has 2 heterocycles. The molecule has 88 valence electrons. The van der Waals surface area contributed by atoms with Crippen molar-refractivity contribution in [3.63, 3.8) is 0 Å². The molecule has 1 N–H and O–H groups in total. The number of nitrogens with zero attached hydrogens (tertiary/aromatic N) is 1. The van der Waals surface area contributed by atoms with Crippen LogP contribution in [0.25, 0.3) is 0 Å². The Labute approximate surface area is 96.9 Å². The van der Waals surface area contributed by atoms with Crippen LogP contribution in [0, 0.1) is 0 Å². The molecule has 2 rings (SSSR count). The molecule has 4 heteroatoms. The normalized spacial score (nSPS) is 33.4. The van der Waals surface area contributed by atoms with Crippen LogP contribution in [0.3, 0.4) is 0 Å². The van der Waals surface area contributed by atoms with Gasteiger partial charge in [0, 0.05) is 50.3 Å². The van der Waals surface area contributed by atoms with E-state index < -0.39 is 0 Å². The molecular weight excluding hydrogens is 208 g/mol. The Kier molecular flexibility index (Phi) is 4.75. The SMILES string of the molecule is CC1OCCC1SCCN1CCNCC1. The van der Waals surface area contributed by atoms with Crippen molar-refractivity contribution in [2.45, 2.75) is 24.7 Å². The van der Waals surface area contributed by atoms with Gasteiger partial charge in [-0.2, -0.15) is 11.8 Å². The highest BCUT2D eigenvalue weighted by Gasteiger charge is 2.24. The molecule has 3 nitrogen and oxygen atoms in total. The van der Waals surface area contributed by atoms with E-state index in [0.29, 0.717) is 6.10 Å². The fraction of sp³-hybridized carbons (Fsp3) is 1.00. The van der Waals surface area contributed by atoms with Crippen LogP contribution in [-0.2, 0) is 4.74 Å². The second-order valence-electron chi connectivity index (χ2n) is 4.37. The lowest BCUT2D eigenvalue weighted by atomic mass is 10.3. The van der Waals surface area contributed by atoms with E-state index in [1.807, 2.05) is 0 Å². The first kappa shape index (κ1) is 11.7. The number of thioether (sulfide) groups is 1. The van der Waals surface area contributed by atoms with E-state index in [1.54, 1.807) is 0 Å². The van der Waals surface area contributed by atoms with Gasteiger partial charge < -0.3 is 10.1 Å². The van der Waals surface area contributed by atoms with E-state index in [1.165, 1.54) is 31.8 Å².